The monoisotopic (exact) mass is 293 g/mol. The molecule has 0 spiro atoms. The molecule has 1 aliphatic heterocycles. The van der Waals surface area contributed by atoms with Crippen LogP contribution in [0.25, 0.3) is 0 Å². The van der Waals surface area contributed by atoms with Crippen molar-refractivity contribution >= 4 is 0 Å². The molecular formula is C17H28FN3. The molecule has 0 bridgehead atoms. The van der Waals surface area contributed by atoms with Crippen LogP contribution in [-0.2, 0) is 5.54 Å². The van der Waals surface area contributed by atoms with Gasteiger partial charge in [-0.2, -0.15) is 0 Å². The lowest BCUT2D eigenvalue weighted by molar-refractivity contribution is 0.0717. The summed E-state index contributed by atoms with van der Waals surface area (Å²) >= 11 is 0. The van der Waals surface area contributed by atoms with Gasteiger partial charge in [0.25, 0.3) is 0 Å². The molecular weight excluding hydrogens is 265 g/mol. The predicted molar refractivity (Wildman–Crippen MR) is 85.7 cm³/mol. The fraction of sp³-hybridized carbons (Fsp3) is 0.647. The number of likely N-dealkylation sites (N-methyl/N-ethyl adjacent to an activating group) is 1. The highest BCUT2D eigenvalue weighted by Crippen LogP contribution is 2.31. The van der Waals surface area contributed by atoms with Crippen molar-refractivity contribution in [3.05, 3.63) is 35.6 Å². The highest BCUT2D eigenvalue weighted by molar-refractivity contribution is 5.27. The molecule has 0 aliphatic carbocycles. The van der Waals surface area contributed by atoms with E-state index < -0.39 is 5.54 Å². The zero-order valence-corrected chi connectivity index (χ0v) is 13.5. The number of nitrogens with zero attached hydrogens (tertiary/aromatic N) is 2. The van der Waals surface area contributed by atoms with E-state index in [0.29, 0.717) is 0 Å². The van der Waals surface area contributed by atoms with E-state index in [-0.39, 0.29) is 11.9 Å². The summed E-state index contributed by atoms with van der Waals surface area (Å²) < 4.78 is 13.2. The van der Waals surface area contributed by atoms with E-state index in [1.54, 1.807) is 0 Å². The summed E-state index contributed by atoms with van der Waals surface area (Å²) in [4.78, 5) is 4.82. The Kier molecular flexibility index (Phi) is 5.36. The first-order valence-corrected chi connectivity index (χ1v) is 7.95. The zero-order valence-electron chi connectivity index (χ0n) is 13.5. The number of halogens is 1. The maximum Gasteiger partial charge on any atom is 0.123 e. The normalized spacial score (nSPS) is 22.0. The molecule has 1 saturated heterocycles. The van der Waals surface area contributed by atoms with Crippen LogP contribution in [0.15, 0.2) is 24.3 Å². The molecule has 1 fully saturated rings. The number of benzene rings is 1. The first kappa shape index (κ1) is 16.4. The van der Waals surface area contributed by atoms with E-state index in [2.05, 4.69) is 30.7 Å². The lowest BCUT2D eigenvalue weighted by Crippen LogP contribution is -2.59. The number of piperazine rings is 1. The zero-order chi connectivity index (χ0) is 15.5. The van der Waals surface area contributed by atoms with Crippen LogP contribution in [0.2, 0.25) is 0 Å². The van der Waals surface area contributed by atoms with Gasteiger partial charge in [-0.1, -0.05) is 25.5 Å². The maximum atomic E-state index is 13.2. The Hall–Kier alpha value is -0.970. The molecule has 0 amide bonds. The van der Waals surface area contributed by atoms with Crippen molar-refractivity contribution in [2.75, 3.05) is 33.2 Å². The van der Waals surface area contributed by atoms with Crippen LogP contribution in [0.4, 0.5) is 4.39 Å². The summed E-state index contributed by atoms with van der Waals surface area (Å²) in [5, 5.41) is 0. The van der Waals surface area contributed by atoms with Gasteiger partial charge in [-0.25, -0.2) is 4.39 Å². The highest BCUT2D eigenvalue weighted by Gasteiger charge is 2.37. The first-order chi connectivity index (χ1) is 9.97. The number of rotatable bonds is 5. The molecule has 1 aromatic carbocycles. The average Bonchev–Trinajstić information content (AvgIpc) is 2.48. The molecule has 0 aromatic heterocycles. The van der Waals surface area contributed by atoms with Crippen molar-refractivity contribution in [1.82, 2.24) is 9.80 Å². The first-order valence-electron chi connectivity index (χ1n) is 7.95. The summed E-state index contributed by atoms with van der Waals surface area (Å²) in [6, 6.07) is 6.97. The summed E-state index contributed by atoms with van der Waals surface area (Å²) in [6.07, 6.45) is 1.93. The van der Waals surface area contributed by atoms with E-state index >= 15 is 0 Å². The SMILES string of the molecule is CCCC(N)(c1ccc(F)cc1)C(C)N1CCN(C)CC1. The average molecular weight is 293 g/mol. The second kappa shape index (κ2) is 6.86. The number of nitrogens with two attached hydrogens (primary N) is 1. The molecule has 0 radical (unpaired) electrons. The maximum absolute atomic E-state index is 13.2. The van der Waals surface area contributed by atoms with Crippen molar-refractivity contribution in [2.24, 2.45) is 5.73 Å². The van der Waals surface area contributed by atoms with Crippen LogP contribution >= 0.6 is 0 Å². The summed E-state index contributed by atoms with van der Waals surface area (Å²) in [5.41, 5.74) is 7.43. The molecule has 3 nitrogen and oxygen atoms in total. The van der Waals surface area contributed by atoms with Crippen LogP contribution in [0.3, 0.4) is 0 Å². The minimum atomic E-state index is -0.418. The molecule has 1 heterocycles. The van der Waals surface area contributed by atoms with Crippen LogP contribution in [0.1, 0.15) is 32.3 Å². The Morgan fingerprint density at radius 1 is 1.19 bits per heavy atom. The second-order valence-electron chi connectivity index (χ2n) is 6.31. The third-order valence-corrected chi connectivity index (χ3v) is 4.88. The van der Waals surface area contributed by atoms with Gasteiger partial charge in [0.15, 0.2) is 0 Å². The van der Waals surface area contributed by atoms with E-state index in [1.807, 2.05) is 12.1 Å². The van der Waals surface area contributed by atoms with E-state index in [1.165, 1.54) is 12.1 Å². The molecule has 1 aliphatic rings. The van der Waals surface area contributed by atoms with Gasteiger partial charge in [-0.05, 0) is 38.1 Å². The second-order valence-corrected chi connectivity index (χ2v) is 6.31. The molecule has 2 N–H and O–H groups in total. The Labute approximate surface area is 127 Å². The predicted octanol–water partition coefficient (Wildman–Crippen LogP) is 2.42. The largest absolute Gasteiger partial charge is 0.320 e. The fourth-order valence-electron chi connectivity index (χ4n) is 3.30. The lowest BCUT2D eigenvalue weighted by atomic mass is 9.79. The highest BCUT2D eigenvalue weighted by atomic mass is 19.1. The molecule has 1 aromatic rings. The van der Waals surface area contributed by atoms with Gasteiger partial charge in [0, 0.05) is 32.2 Å². The van der Waals surface area contributed by atoms with E-state index in [0.717, 1.165) is 44.6 Å². The third-order valence-electron chi connectivity index (χ3n) is 4.88. The van der Waals surface area contributed by atoms with Crippen LogP contribution in [-0.4, -0.2) is 49.1 Å². The Balaban J connectivity index is 2.21. The smallest absolute Gasteiger partial charge is 0.123 e. The third kappa shape index (κ3) is 3.62. The molecule has 21 heavy (non-hydrogen) atoms. The van der Waals surface area contributed by atoms with Crippen molar-refractivity contribution in [3.63, 3.8) is 0 Å². The minimum absolute atomic E-state index is 0.204. The van der Waals surface area contributed by atoms with Gasteiger partial charge in [0.2, 0.25) is 0 Å². The molecule has 118 valence electrons. The van der Waals surface area contributed by atoms with Gasteiger partial charge >= 0.3 is 0 Å². The van der Waals surface area contributed by atoms with Gasteiger partial charge in [0.05, 0.1) is 5.54 Å². The number of hydrogen-bond donors (Lipinski definition) is 1. The van der Waals surface area contributed by atoms with Crippen LogP contribution in [0, 0.1) is 5.82 Å². The van der Waals surface area contributed by atoms with Gasteiger partial charge in [-0.15, -0.1) is 0 Å². The summed E-state index contributed by atoms with van der Waals surface area (Å²) in [5.74, 6) is -0.204. The van der Waals surface area contributed by atoms with Crippen molar-refractivity contribution in [1.29, 1.82) is 0 Å². The van der Waals surface area contributed by atoms with Gasteiger partial charge < -0.3 is 10.6 Å². The Morgan fingerprint density at radius 2 is 1.76 bits per heavy atom. The quantitative estimate of drug-likeness (QED) is 0.905. The summed E-state index contributed by atoms with van der Waals surface area (Å²) in [7, 11) is 2.16. The van der Waals surface area contributed by atoms with Gasteiger partial charge in [0.1, 0.15) is 5.82 Å². The van der Waals surface area contributed by atoms with E-state index in [4.69, 9.17) is 5.73 Å². The van der Waals surface area contributed by atoms with E-state index in [9.17, 15) is 4.39 Å². The Bertz CT molecular complexity index is 440. The molecule has 2 rings (SSSR count). The minimum Gasteiger partial charge on any atom is -0.320 e. The molecule has 2 unspecified atom stereocenters. The number of hydrogen-bond acceptors (Lipinski definition) is 3. The molecule has 4 heteroatoms. The Morgan fingerprint density at radius 3 is 2.29 bits per heavy atom. The van der Waals surface area contributed by atoms with Crippen molar-refractivity contribution in [2.45, 2.75) is 38.3 Å². The van der Waals surface area contributed by atoms with Crippen LogP contribution in [0.5, 0.6) is 0 Å². The molecule has 0 saturated carbocycles. The van der Waals surface area contributed by atoms with Crippen LogP contribution < -0.4 is 5.73 Å². The topological polar surface area (TPSA) is 32.5 Å². The van der Waals surface area contributed by atoms with Gasteiger partial charge in [-0.3, -0.25) is 4.90 Å². The fourth-order valence-corrected chi connectivity index (χ4v) is 3.30. The lowest BCUT2D eigenvalue weighted by Gasteiger charge is -2.45. The van der Waals surface area contributed by atoms with Crippen molar-refractivity contribution in [3.8, 4) is 0 Å². The standard InChI is InChI=1S/C17H28FN3/c1-4-9-17(19,15-5-7-16(18)8-6-15)14(2)21-12-10-20(3)11-13-21/h5-8,14H,4,9-13,19H2,1-3H3. The van der Waals surface area contributed by atoms with Crippen molar-refractivity contribution < 1.29 is 4.39 Å². The molecule has 2 atom stereocenters. The summed E-state index contributed by atoms with van der Waals surface area (Å²) in [6.45, 7) is 8.61.